The average molecular weight is 233 g/mol. The first kappa shape index (κ1) is 11.8. The van der Waals surface area contributed by atoms with Crippen LogP contribution in [0.4, 0.5) is 4.39 Å². The summed E-state index contributed by atoms with van der Waals surface area (Å²) < 4.78 is 15.5. The van der Waals surface area contributed by atoms with Gasteiger partial charge in [-0.3, -0.25) is 0 Å². The molecule has 1 aromatic heterocycles. The van der Waals surface area contributed by atoms with Gasteiger partial charge in [0.25, 0.3) is 0 Å². The van der Waals surface area contributed by atoms with Crippen molar-refractivity contribution in [2.75, 3.05) is 0 Å². The zero-order chi connectivity index (χ0) is 12.4. The van der Waals surface area contributed by atoms with E-state index in [1.165, 1.54) is 6.07 Å². The Morgan fingerprint density at radius 2 is 2.18 bits per heavy atom. The number of rotatable bonds is 3. The molecule has 0 spiro atoms. The van der Waals surface area contributed by atoms with Crippen molar-refractivity contribution >= 4 is 0 Å². The van der Waals surface area contributed by atoms with Crippen molar-refractivity contribution in [3.05, 3.63) is 47.5 Å². The van der Waals surface area contributed by atoms with Gasteiger partial charge in [-0.1, -0.05) is 12.1 Å². The van der Waals surface area contributed by atoms with Crippen LogP contribution in [0.2, 0.25) is 0 Å². The van der Waals surface area contributed by atoms with Crippen molar-refractivity contribution in [2.24, 2.45) is 5.73 Å². The van der Waals surface area contributed by atoms with Crippen molar-refractivity contribution < 1.29 is 4.39 Å². The zero-order valence-electron chi connectivity index (χ0n) is 10.0. The van der Waals surface area contributed by atoms with E-state index in [2.05, 4.69) is 5.10 Å². The molecule has 1 heterocycles. The molecule has 0 aliphatic heterocycles. The first-order chi connectivity index (χ1) is 8.08. The van der Waals surface area contributed by atoms with Crippen LogP contribution in [0, 0.1) is 12.7 Å². The highest BCUT2D eigenvalue weighted by Crippen LogP contribution is 2.19. The first-order valence-corrected chi connectivity index (χ1v) is 5.63. The second kappa shape index (κ2) is 4.67. The van der Waals surface area contributed by atoms with Gasteiger partial charge in [-0.05, 0) is 38.0 Å². The van der Waals surface area contributed by atoms with Crippen LogP contribution < -0.4 is 5.73 Å². The largest absolute Gasteiger partial charge is 0.328 e. The summed E-state index contributed by atoms with van der Waals surface area (Å²) in [6.07, 6.45) is 2.39. The molecule has 3 nitrogen and oxygen atoms in total. The molecule has 90 valence electrons. The van der Waals surface area contributed by atoms with Crippen LogP contribution in [0.3, 0.4) is 0 Å². The molecule has 0 saturated carbocycles. The van der Waals surface area contributed by atoms with Crippen LogP contribution in [0.5, 0.6) is 0 Å². The second-order valence-electron chi connectivity index (χ2n) is 4.33. The third-order valence-electron chi connectivity index (χ3n) is 2.56. The molecule has 1 unspecified atom stereocenters. The van der Waals surface area contributed by atoms with E-state index in [0.717, 1.165) is 11.3 Å². The molecular formula is C13H16FN3. The number of halogens is 1. The summed E-state index contributed by atoms with van der Waals surface area (Å²) >= 11 is 0. The molecule has 2 aromatic rings. The Labute approximate surface area is 100 Å². The summed E-state index contributed by atoms with van der Waals surface area (Å²) in [7, 11) is 0. The number of benzene rings is 1. The van der Waals surface area contributed by atoms with Crippen molar-refractivity contribution in [2.45, 2.75) is 26.3 Å². The van der Waals surface area contributed by atoms with E-state index in [1.807, 2.05) is 26.0 Å². The van der Waals surface area contributed by atoms with Crippen LogP contribution in [-0.4, -0.2) is 15.8 Å². The monoisotopic (exact) mass is 233 g/mol. The minimum atomic E-state index is -0.272. The Morgan fingerprint density at radius 3 is 2.76 bits per heavy atom. The van der Waals surface area contributed by atoms with Gasteiger partial charge in [-0.15, -0.1) is 0 Å². The molecule has 4 heteroatoms. The van der Waals surface area contributed by atoms with E-state index in [4.69, 9.17) is 5.73 Å². The van der Waals surface area contributed by atoms with Crippen LogP contribution in [0.25, 0.3) is 5.69 Å². The number of hydrogen-bond donors (Lipinski definition) is 1. The molecule has 17 heavy (non-hydrogen) atoms. The zero-order valence-corrected chi connectivity index (χ0v) is 10.0. The van der Waals surface area contributed by atoms with Crippen molar-refractivity contribution in [3.63, 3.8) is 0 Å². The quantitative estimate of drug-likeness (QED) is 0.883. The fourth-order valence-electron chi connectivity index (χ4n) is 1.87. The number of aryl methyl sites for hydroxylation is 1. The maximum Gasteiger partial charge on any atom is 0.149 e. The summed E-state index contributed by atoms with van der Waals surface area (Å²) in [5.74, 6) is -0.272. The molecule has 2 rings (SSSR count). The molecule has 0 amide bonds. The Morgan fingerprint density at radius 1 is 1.41 bits per heavy atom. The topological polar surface area (TPSA) is 43.8 Å². The van der Waals surface area contributed by atoms with Crippen molar-refractivity contribution in [1.82, 2.24) is 9.78 Å². The van der Waals surface area contributed by atoms with E-state index in [-0.39, 0.29) is 11.9 Å². The fourth-order valence-corrected chi connectivity index (χ4v) is 1.87. The summed E-state index contributed by atoms with van der Waals surface area (Å²) in [6, 6.07) is 6.87. The predicted molar refractivity (Wildman–Crippen MR) is 65.6 cm³/mol. The lowest BCUT2D eigenvalue weighted by Crippen LogP contribution is -2.19. The Bertz CT molecular complexity index is 517. The van der Waals surface area contributed by atoms with Gasteiger partial charge >= 0.3 is 0 Å². The number of aromatic nitrogens is 2. The van der Waals surface area contributed by atoms with E-state index in [0.29, 0.717) is 12.1 Å². The summed E-state index contributed by atoms with van der Waals surface area (Å²) in [5, 5.41) is 4.25. The van der Waals surface area contributed by atoms with Gasteiger partial charge in [0.05, 0.1) is 5.69 Å². The minimum absolute atomic E-state index is 0.00721. The third kappa shape index (κ3) is 2.53. The van der Waals surface area contributed by atoms with E-state index >= 15 is 0 Å². The molecule has 0 radical (unpaired) electrons. The number of nitrogens with two attached hydrogens (primary N) is 1. The smallest absolute Gasteiger partial charge is 0.149 e. The number of hydrogen-bond acceptors (Lipinski definition) is 2. The average Bonchev–Trinajstić information content (AvgIpc) is 2.64. The van der Waals surface area contributed by atoms with Crippen molar-refractivity contribution in [3.8, 4) is 5.69 Å². The minimum Gasteiger partial charge on any atom is -0.328 e. The second-order valence-corrected chi connectivity index (χ2v) is 4.33. The van der Waals surface area contributed by atoms with Gasteiger partial charge in [-0.2, -0.15) is 5.10 Å². The van der Waals surface area contributed by atoms with Gasteiger partial charge in [0.1, 0.15) is 11.5 Å². The van der Waals surface area contributed by atoms with Gasteiger partial charge < -0.3 is 5.73 Å². The summed E-state index contributed by atoms with van der Waals surface area (Å²) in [4.78, 5) is 0. The Hall–Kier alpha value is -1.68. The predicted octanol–water partition coefficient (Wildman–Crippen LogP) is 2.21. The van der Waals surface area contributed by atoms with Crippen LogP contribution >= 0.6 is 0 Å². The van der Waals surface area contributed by atoms with Gasteiger partial charge in [0.15, 0.2) is 0 Å². The van der Waals surface area contributed by atoms with Crippen LogP contribution in [0.1, 0.15) is 18.2 Å². The molecule has 2 N–H and O–H groups in total. The summed E-state index contributed by atoms with van der Waals surface area (Å²) in [5.41, 5.74) is 8.01. The van der Waals surface area contributed by atoms with Gasteiger partial charge in [0, 0.05) is 12.2 Å². The van der Waals surface area contributed by atoms with Crippen LogP contribution in [0.15, 0.2) is 30.5 Å². The SMILES string of the molecule is Cc1ccn(-c2c(F)cccc2CC(C)N)n1. The third-order valence-corrected chi connectivity index (χ3v) is 2.56. The van der Waals surface area contributed by atoms with Crippen molar-refractivity contribution in [1.29, 1.82) is 0 Å². The highest BCUT2D eigenvalue weighted by Gasteiger charge is 2.12. The molecule has 0 bridgehead atoms. The van der Waals surface area contributed by atoms with Gasteiger partial charge in [0.2, 0.25) is 0 Å². The lowest BCUT2D eigenvalue weighted by Gasteiger charge is -2.12. The normalized spacial score (nSPS) is 12.7. The Balaban J connectivity index is 2.50. The number of nitrogens with zero attached hydrogens (tertiary/aromatic N) is 2. The van der Waals surface area contributed by atoms with E-state index in [1.54, 1.807) is 16.9 Å². The highest BCUT2D eigenvalue weighted by atomic mass is 19.1. The van der Waals surface area contributed by atoms with E-state index < -0.39 is 0 Å². The maximum absolute atomic E-state index is 13.9. The highest BCUT2D eigenvalue weighted by molar-refractivity contribution is 5.42. The maximum atomic E-state index is 13.9. The lowest BCUT2D eigenvalue weighted by molar-refractivity contribution is 0.603. The molecule has 0 aliphatic carbocycles. The summed E-state index contributed by atoms with van der Waals surface area (Å²) in [6.45, 7) is 3.78. The Kier molecular flexibility index (Phi) is 3.24. The fraction of sp³-hybridized carbons (Fsp3) is 0.308. The molecule has 0 fully saturated rings. The van der Waals surface area contributed by atoms with Gasteiger partial charge in [-0.25, -0.2) is 9.07 Å². The molecular weight excluding hydrogens is 217 g/mol. The van der Waals surface area contributed by atoms with E-state index in [9.17, 15) is 4.39 Å². The standard InChI is InChI=1S/C13H16FN3/c1-9(15)8-11-4-3-5-12(14)13(11)17-7-6-10(2)16-17/h3-7,9H,8,15H2,1-2H3. The van der Waals surface area contributed by atoms with Crippen LogP contribution in [-0.2, 0) is 6.42 Å². The molecule has 0 saturated heterocycles. The molecule has 0 aliphatic rings. The number of para-hydroxylation sites is 1. The molecule has 1 atom stereocenters. The molecule has 1 aromatic carbocycles. The lowest BCUT2D eigenvalue weighted by atomic mass is 10.1. The first-order valence-electron chi connectivity index (χ1n) is 5.63.